The molecule has 3 aromatic rings. The van der Waals surface area contributed by atoms with Crippen molar-refractivity contribution in [1.82, 2.24) is 15.0 Å². The third-order valence-electron chi connectivity index (χ3n) is 3.00. The molecule has 0 atom stereocenters. The Morgan fingerprint density at radius 3 is 2.48 bits per heavy atom. The smallest absolute Gasteiger partial charge is 0.257 e. The molecule has 0 bridgehead atoms. The molecule has 21 heavy (non-hydrogen) atoms. The number of aromatic amines is 2. The lowest BCUT2D eigenvalue weighted by atomic mass is 10.1. The molecule has 104 valence electrons. The number of hydrogen-bond acceptors (Lipinski definition) is 3. The molecule has 2 aromatic heterocycles. The van der Waals surface area contributed by atoms with Gasteiger partial charge < -0.3 is 15.3 Å². The molecule has 0 saturated heterocycles. The number of amides is 1. The van der Waals surface area contributed by atoms with Crippen LogP contribution in [0, 0.1) is 0 Å². The number of benzene rings is 1. The topological polar surface area (TPSA) is 90.6 Å². The van der Waals surface area contributed by atoms with Gasteiger partial charge in [-0.2, -0.15) is 0 Å². The fraction of sp³-hybridized carbons (Fsp3) is 0. The SMILES string of the molecule is O=C(Nc1ccc(-c2cnc[nH]2)cc1)c1ccc(=O)[nH]c1. The van der Waals surface area contributed by atoms with Gasteiger partial charge in [-0.05, 0) is 23.8 Å². The average molecular weight is 280 g/mol. The minimum absolute atomic E-state index is 0.240. The van der Waals surface area contributed by atoms with Gasteiger partial charge in [-0.25, -0.2) is 4.98 Å². The lowest BCUT2D eigenvalue weighted by molar-refractivity contribution is 0.102. The Labute approximate surface area is 119 Å². The number of nitrogens with one attached hydrogen (secondary N) is 3. The first kappa shape index (κ1) is 12.9. The Bertz CT molecular complexity index is 784. The first-order chi connectivity index (χ1) is 10.2. The number of carbonyl (C=O) groups excluding carboxylic acids is 1. The summed E-state index contributed by atoms with van der Waals surface area (Å²) in [7, 11) is 0. The fourth-order valence-electron chi connectivity index (χ4n) is 1.90. The lowest BCUT2D eigenvalue weighted by Gasteiger charge is -2.05. The second kappa shape index (κ2) is 5.46. The molecule has 6 nitrogen and oxygen atoms in total. The van der Waals surface area contributed by atoms with Gasteiger partial charge in [-0.3, -0.25) is 9.59 Å². The highest BCUT2D eigenvalue weighted by Gasteiger charge is 2.06. The summed E-state index contributed by atoms with van der Waals surface area (Å²) in [5, 5.41) is 2.76. The summed E-state index contributed by atoms with van der Waals surface area (Å²) in [4.78, 5) is 32.4. The Balaban J connectivity index is 1.74. The van der Waals surface area contributed by atoms with Gasteiger partial charge in [0.15, 0.2) is 0 Å². The van der Waals surface area contributed by atoms with Crippen molar-refractivity contribution in [2.75, 3.05) is 5.32 Å². The summed E-state index contributed by atoms with van der Waals surface area (Å²) in [6, 6.07) is 10.2. The number of pyridine rings is 1. The van der Waals surface area contributed by atoms with E-state index in [-0.39, 0.29) is 11.5 Å². The number of nitrogens with zero attached hydrogens (tertiary/aromatic N) is 1. The molecule has 0 spiro atoms. The zero-order valence-electron chi connectivity index (χ0n) is 11.0. The normalized spacial score (nSPS) is 10.3. The van der Waals surface area contributed by atoms with E-state index >= 15 is 0 Å². The Hall–Kier alpha value is -3.15. The van der Waals surface area contributed by atoms with Crippen LogP contribution >= 0.6 is 0 Å². The molecular formula is C15H12N4O2. The van der Waals surface area contributed by atoms with Crippen LogP contribution in [0.25, 0.3) is 11.3 Å². The van der Waals surface area contributed by atoms with E-state index in [0.717, 1.165) is 11.3 Å². The van der Waals surface area contributed by atoms with Crippen LogP contribution in [0.5, 0.6) is 0 Å². The van der Waals surface area contributed by atoms with Crippen molar-refractivity contribution in [2.24, 2.45) is 0 Å². The predicted octanol–water partition coefficient (Wildman–Crippen LogP) is 2.02. The van der Waals surface area contributed by atoms with Crippen LogP contribution in [0.4, 0.5) is 5.69 Å². The van der Waals surface area contributed by atoms with Gasteiger partial charge in [0, 0.05) is 18.0 Å². The average Bonchev–Trinajstić information content (AvgIpc) is 3.03. The zero-order chi connectivity index (χ0) is 14.7. The molecule has 0 aliphatic heterocycles. The highest BCUT2D eigenvalue weighted by atomic mass is 16.1. The van der Waals surface area contributed by atoms with E-state index in [1.54, 1.807) is 24.7 Å². The third-order valence-corrected chi connectivity index (χ3v) is 3.00. The van der Waals surface area contributed by atoms with E-state index < -0.39 is 0 Å². The summed E-state index contributed by atoms with van der Waals surface area (Å²) in [6.07, 6.45) is 4.73. The van der Waals surface area contributed by atoms with Crippen LogP contribution in [-0.2, 0) is 0 Å². The van der Waals surface area contributed by atoms with Gasteiger partial charge in [0.25, 0.3) is 5.91 Å². The molecule has 0 aliphatic rings. The standard InChI is InChI=1S/C15H12N4O2/c20-14-6-3-11(7-17-14)15(21)19-12-4-1-10(2-5-12)13-8-16-9-18-13/h1-9H,(H,16,18)(H,17,20)(H,19,21). The van der Waals surface area contributed by atoms with Crippen LogP contribution in [0.15, 0.2) is 59.9 Å². The number of rotatable bonds is 3. The molecule has 3 rings (SSSR count). The van der Waals surface area contributed by atoms with E-state index in [1.807, 2.05) is 12.1 Å². The van der Waals surface area contributed by atoms with E-state index in [0.29, 0.717) is 11.3 Å². The van der Waals surface area contributed by atoms with E-state index in [2.05, 4.69) is 20.3 Å². The van der Waals surface area contributed by atoms with Gasteiger partial charge in [0.05, 0.1) is 23.8 Å². The first-order valence-corrected chi connectivity index (χ1v) is 6.31. The van der Waals surface area contributed by atoms with Gasteiger partial charge in [-0.1, -0.05) is 12.1 Å². The quantitative estimate of drug-likeness (QED) is 0.685. The number of anilines is 1. The van der Waals surface area contributed by atoms with E-state index in [1.165, 1.54) is 18.3 Å². The highest BCUT2D eigenvalue weighted by molar-refractivity contribution is 6.04. The monoisotopic (exact) mass is 280 g/mol. The Morgan fingerprint density at radius 1 is 1.05 bits per heavy atom. The predicted molar refractivity (Wildman–Crippen MR) is 79.0 cm³/mol. The van der Waals surface area contributed by atoms with Crippen molar-refractivity contribution < 1.29 is 4.79 Å². The van der Waals surface area contributed by atoms with E-state index in [4.69, 9.17) is 0 Å². The minimum atomic E-state index is -0.277. The van der Waals surface area contributed by atoms with Crippen molar-refractivity contribution in [1.29, 1.82) is 0 Å². The number of carbonyl (C=O) groups is 1. The third kappa shape index (κ3) is 2.89. The minimum Gasteiger partial charge on any atom is -0.345 e. The molecule has 0 unspecified atom stereocenters. The Morgan fingerprint density at radius 2 is 1.86 bits per heavy atom. The summed E-state index contributed by atoms with van der Waals surface area (Å²) >= 11 is 0. The van der Waals surface area contributed by atoms with Gasteiger partial charge in [-0.15, -0.1) is 0 Å². The summed E-state index contributed by atoms with van der Waals surface area (Å²) in [5.74, 6) is -0.277. The molecule has 1 amide bonds. The van der Waals surface area contributed by atoms with Crippen LogP contribution in [0.2, 0.25) is 0 Å². The zero-order valence-corrected chi connectivity index (χ0v) is 11.0. The van der Waals surface area contributed by atoms with Crippen molar-refractivity contribution in [2.45, 2.75) is 0 Å². The Kier molecular flexibility index (Phi) is 3.34. The number of hydrogen-bond donors (Lipinski definition) is 3. The molecule has 6 heteroatoms. The largest absolute Gasteiger partial charge is 0.345 e. The molecule has 3 N–H and O–H groups in total. The van der Waals surface area contributed by atoms with Gasteiger partial charge in [0.2, 0.25) is 5.56 Å². The van der Waals surface area contributed by atoms with Gasteiger partial charge >= 0.3 is 0 Å². The molecule has 0 saturated carbocycles. The summed E-state index contributed by atoms with van der Waals surface area (Å²) in [5.41, 5.74) is 2.72. The van der Waals surface area contributed by atoms with Crippen molar-refractivity contribution in [3.8, 4) is 11.3 Å². The molecule has 0 radical (unpaired) electrons. The number of imidazole rings is 1. The first-order valence-electron chi connectivity index (χ1n) is 6.31. The second-order valence-corrected chi connectivity index (χ2v) is 4.44. The van der Waals surface area contributed by atoms with Crippen LogP contribution in [-0.4, -0.2) is 20.9 Å². The van der Waals surface area contributed by atoms with E-state index in [9.17, 15) is 9.59 Å². The maximum absolute atomic E-state index is 12.0. The second-order valence-electron chi connectivity index (χ2n) is 4.44. The van der Waals surface area contributed by atoms with Crippen molar-refractivity contribution >= 4 is 11.6 Å². The van der Waals surface area contributed by atoms with Crippen molar-refractivity contribution in [3.63, 3.8) is 0 Å². The maximum atomic E-state index is 12.0. The van der Waals surface area contributed by atoms with Crippen LogP contribution < -0.4 is 10.9 Å². The summed E-state index contributed by atoms with van der Waals surface area (Å²) in [6.45, 7) is 0. The molecular weight excluding hydrogens is 268 g/mol. The maximum Gasteiger partial charge on any atom is 0.257 e. The van der Waals surface area contributed by atoms with Crippen LogP contribution in [0.3, 0.4) is 0 Å². The van der Waals surface area contributed by atoms with Crippen molar-refractivity contribution in [3.05, 3.63) is 71.0 Å². The molecule has 2 heterocycles. The van der Waals surface area contributed by atoms with Crippen LogP contribution in [0.1, 0.15) is 10.4 Å². The highest BCUT2D eigenvalue weighted by Crippen LogP contribution is 2.19. The number of H-pyrrole nitrogens is 2. The summed E-state index contributed by atoms with van der Waals surface area (Å²) < 4.78 is 0. The molecule has 0 aliphatic carbocycles. The molecule has 0 fully saturated rings. The number of aromatic nitrogens is 3. The van der Waals surface area contributed by atoms with Gasteiger partial charge in [0.1, 0.15) is 0 Å². The lowest BCUT2D eigenvalue weighted by Crippen LogP contribution is -2.14. The fourth-order valence-corrected chi connectivity index (χ4v) is 1.90. The molecule has 1 aromatic carbocycles.